The number of halogens is 3. The summed E-state index contributed by atoms with van der Waals surface area (Å²) in [5.74, 6) is -2.12. The number of carbonyl (C=O) groups is 2. The molecule has 0 aliphatic carbocycles. The standard InChI is InChI=1S/C19H22N6O2.C2HF3O2/c1-24-8-6-16(7-9-24)27-15-4-2-14(3-5-15)10-21-19(26)17-12-25-13-22-23-18(25)11-20-17;3-2(4,5)1(6)7/h2-5,11-13,16H,6-10H2,1H3,(H,21,26);(H,6,7). The number of hydrogen-bond donors (Lipinski definition) is 2. The number of piperidine rings is 1. The third kappa shape index (κ3) is 7.13. The molecule has 10 nitrogen and oxygen atoms in total. The molecule has 1 saturated heterocycles. The van der Waals surface area contributed by atoms with Crippen LogP contribution >= 0.6 is 0 Å². The molecule has 13 heteroatoms. The lowest BCUT2D eigenvalue weighted by Gasteiger charge is -2.29. The van der Waals surface area contributed by atoms with Crippen LogP contribution in [0.3, 0.4) is 0 Å². The Kier molecular flexibility index (Phi) is 7.99. The second-order valence-electron chi connectivity index (χ2n) is 7.62. The molecule has 0 spiro atoms. The fourth-order valence-electron chi connectivity index (χ4n) is 3.11. The van der Waals surface area contributed by atoms with E-state index in [1.54, 1.807) is 10.6 Å². The average Bonchev–Trinajstić information content (AvgIpc) is 3.28. The zero-order valence-electron chi connectivity index (χ0n) is 18.2. The average molecular weight is 480 g/mol. The number of alkyl halides is 3. The lowest BCUT2D eigenvalue weighted by atomic mass is 10.1. The summed E-state index contributed by atoms with van der Waals surface area (Å²) in [4.78, 5) is 27.6. The van der Waals surface area contributed by atoms with E-state index in [9.17, 15) is 18.0 Å². The molecule has 1 amide bonds. The zero-order chi connectivity index (χ0) is 24.7. The Bertz CT molecular complexity index is 1110. The van der Waals surface area contributed by atoms with E-state index in [4.69, 9.17) is 14.6 Å². The predicted molar refractivity (Wildman–Crippen MR) is 113 cm³/mol. The fourth-order valence-corrected chi connectivity index (χ4v) is 3.11. The Balaban J connectivity index is 0.000000406. The summed E-state index contributed by atoms with van der Waals surface area (Å²) in [5, 5.41) is 17.6. The summed E-state index contributed by atoms with van der Waals surface area (Å²) in [5.41, 5.74) is 1.93. The minimum atomic E-state index is -5.08. The van der Waals surface area contributed by atoms with Gasteiger partial charge in [0.2, 0.25) is 0 Å². The molecular weight excluding hydrogens is 457 g/mol. The molecule has 2 aromatic heterocycles. The zero-order valence-corrected chi connectivity index (χ0v) is 18.2. The largest absolute Gasteiger partial charge is 0.490 e. The van der Waals surface area contributed by atoms with Gasteiger partial charge in [-0.3, -0.25) is 9.20 Å². The molecule has 4 rings (SSSR count). The number of carboxylic acid groups (broad SMARTS) is 1. The fraction of sp³-hybridized carbons (Fsp3) is 0.381. The first kappa shape index (κ1) is 24.9. The molecule has 0 saturated carbocycles. The molecule has 0 atom stereocenters. The monoisotopic (exact) mass is 480 g/mol. The van der Waals surface area contributed by atoms with Gasteiger partial charge in [-0.1, -0.05) is 12.1 Å². The van der Waals surface area contributed by atoms with Gasteiger partial charge in [0, 0.05) is 25.8 Å². The summed E-state index contributed by atoms with van der Waals surface area (Å²) in [7, 11) is 2.14. The summed E-state index contributed by atoms with van der Waals surface area (Å²) < 4.78 is 39.4. The van der Waals surface area contributed by atoms with Gasteiger partial charge in [0.05, 0.1) is 6.20 Å². The molecule has 1 aliphatic rings. The predicted octanol–water partition coefficient (Wildman–Crippen LogP) is 2.16. The third-order valence-electron chi connectivity index (χ3n) is 5.00. The van der Waals surface area contributed by atoms with Crippen molar-refractivity contribution in [2.24, 2.45) is 0 Å². The maximum Gasteiger partial charge on any atom is 0.490 e. The van der Waals surface area contributed by atoms with Crippen molar-refractivity contribution >= 4 is 17.5 Å². The molecule has 0 bridgehead atoms. The van der Waals surface area contributed by atoms with Crippen LogP contribution in [0.15, 0.2) is 43.0 Å². The number of aliphatic carboxylic acids is 1. The molecule has 1 aromatic carbocycles. The Labute approximate surface area is 192 Å². The van der Waals surface area contributed by atoms with Crippen LogP contribution in [0.5, 0.6) is 5.75 Å². The number of rotatable bonds is 5. The molecule has 34 heavy (non-hydrogen) atoms. The van der Waals surface area contributed by atoms with Crippen LogP contribution in [0, 0.1) is 0 Å². The van der Waals surface area contributed by atoms with Crippen molar-refractivity contribution in [1.82, 2.24) is 29.8 Å². The molecule has 182 valence electrons. The van der Waals surface area contributed by atoms with E-state index >= 15 is 0 Å². The van der Waals surface area contributed by atoms with E-state index < -0.39 is 12.1 Å². The van der Waals surface area contributed by atoms with Gasteiger partial charge in [-0.25, -0.2) is 9.78 Å². The van der Waals surface area contributed by atoms with Crippen molar-refractivity contribution in [2.45, 2.75) is 31.7 Å². The van der Waals surface area contributed by atoms with Gasteiger partial charge < -0.3 is 20.1 Å². The van der Waals surface area contributed by atoms with E-state index in [1.165, 1.54) is 12.5 Å². The Hall–Kier alpha value is -3.74. The molecule has 0 radical (unpaired) electrons. The normalized spacial score (nSPS) is 14.8. The highest BCUT2D eigenvalue weighted by atomic mass is 19.4. The Morgan fingerprint density at radius 1 is 1.21 bits per heavy atom. The van der Waals surface area contributed by atoms with Crippen molar-refractivity contribution in [3.05, 3.63) is 54.2 Å². The van der Waals surface area contributed by atoms with Gasteiger partial charge in [-0.2, -0.15) is 13.2 Å². The molecule has 3 aromatic rings. The number of amides is 1. The number of fused-ring (bicyclic) bond motifs is 1. The second-order valence-corrected chi connectivity index (χ2v) is 7.62. The van der Waals surface area contributed by atoms with E-state index in [-0.39, 0.29) is 12.0 Å². The quantitative estimate of drug-likeness (QED) is 0.570. The number of carbonyl (C=O) groups excluding carboxylic acids is 1. The number of likely N-dealkylation sites (tertiary alicyclic amines) is 1. The molecule has 1 fully saturated rings. The van der Waals surface area contributed by atoms with Crippen LogP contribution < -0.4 is 10.1 Å². The van der Waals surface area contributed by atoms with Gasteiger partial charge in [0.25, 0.3) is 5.91 Å². The Morgan fingerprint density at radius 3 is 2.47 bits per heavy atom. The highest BCUT2D eigenvalue weighted by molar-refractivity contribution is 5.92. The van der Waals surface area contributed by atoms with E-state index in [0.717, 1.165) is 37.2 Å². The van der Waals surface area contributed by atoms with Crippen LogP contribution in [-0.2, 0) is 11.3 Å². The topological polar surface area (TPSA) is 122 Å². The first-order chi connectivity index (χ1) is 16.1. The van der Waals surface area contributed by atoms with Crippen LogP contribution in [0.4, 0.5) is 13.2 Å². The molecule has 1 aliphatic heterocycles. The summed E-state index contributed by atoms with van der Waals surface area (Å²) >= 11 is 0. The van der Waals surface area contributed by atoms with Crippen molar-refractivity contribution in [1.29, 1.82) is 0 Å². The third-order valence-corrected chi connectivity index (χ3v) is 5.00. The summed E-state index contributed by atoms with van der Waals surface area (Å²) in [6.07, 6.45) is 1.98. The Morgan fingerprint density at radius 2 is 1.85 bits per heavy atom. The van der Waals surface area contributed by atoms with Crippen molar-refractivity contribution in [3.8, 4) is 5.75 Å². The van der Waals surface area contributed by atoms with Crippen LogP contribution in [-0.4, -0.2) is 73.9 Å². The minimum absolute atomic E-state index is 0.239. The lowest BCUT2D eigenvalue weighted by Crippen LogP contribution is -2.35. The molecule has 2 N–H and O–H groups in total. The van der Waals surface area contributed by atoms with E-state index in [1.807, 2.05) is 24.3 Å². The highest BCUT2D eigenvalue weighted by Gasteiger charge is 2.38. The number of nitrogens with zero attached hydrogens (tertiary/aromatic N) is 5. The number of carboxylic acids is 1. The van der Waals surface area contributed by atoms with Gasteiger partial charge >= 0.3 is 12.1 Å². The van der Waals surface area contributed by atoms with E-state index in [0.29, 0.717) is 17.9 Å². The second kappa shape index (κ2) is 10.9. The number of nitrogens with one attached hydrogen (secondary N) is 1. The smallest absolute Gasteiger partial charge is 0.490 e. The van der Waals surface area contributed by atoms with Crippen LogP contribution in [0.2, 0.25) is 0 Å². The summed E-state index contributed by atoms with van der Waals surface area (Å²) in [6.45, 7) is 2.57. The maximum absolute atomic E-state index is 12.3. The van der Waals surface area contributed by atoms with Crippen molar-refractivity contribution in [3.63, 3.8) is 0 Å². The first-order valence-corrected chi connectivity index (χ1v) is 10.3. The first-order valence-electron chi connectivity index (χ1n) is 10.3. The summed E-state index contributed by atoms with van der Waals surface area (Å²) in [6, 6.07) is 7.87. The minimum Gasteiger partial charge on any atom is -0.490 e. The number of aromatic nitrogens is 4. The lowest BCUT2D eigenvalue weighted by molar-refractivity contribution is -0.192. The van der Waals surface area contributed by atoms with Gasteiger partial charge in [-0.15, -0.1) is 10.2 Å². The van der Waals surface area contributed by atoms with Crippen molar-refractivity contribution < 1.29 is 32.6 Å². The number of ether oxygens (including phenoxy) is 1. The SMILES string of the molecule is CN1CCC(Oc2ccc(CNC(=O)c3cn4cnnc4cn3)cc2)CC1.O=C(O)C(F)(F)F. The van der Waals surface area contributed by atoms with Gasteiger partial charge in [0.1, 0.15) is 23.9 Å². The maximum atomic E-state index is 12.3. The molecule has 3 heterocycles. The van der Waals surface area contributed by atoms with Crippen LogP contribution in [0.25, 0.3) is 5.65 Å². The number of benzene rings is 1. The molecule has 0 unspecified atom stereocenters. The molecular formula is C21H23F3N6O4. The van der Waals surface area contributed by atoms with E-state index in [2.05, 4.69) is 32.4 Å². The van der Waals surface area contributed by atoms with Crippen molar-refractivity contribution in [2.75, 3.05) is 20.1 Å². The van der Waals surface area contributed by atoms with Gasteiger partial charge in [0.15, 0.2) is 5.65 Å². The van der Waals surface area contributed by atoms with Crippen LogP contribution in [0.1, 0.15) is 28.9 Å². The highest BCUT2D eigenvalue weighted by Crippen LogP contribution is 2.19. The number of hydrogen-bond acceptors (Lipinski definition) is 7. The van der Waals surface area contributed by atoms with Gasteiger partial charge in [-0.05, 0) is 37.6 Å².